The second-order valence-corrected chi connectivity index (χ2v) is 5.24. The van der Waals surface area contributed by atoms with E-state index in [1.165, 1.54) is 7.11 Å². The molecule has 0 saturated heterocycles. The number of halogens is 2. The van der Waals surface area contributed by atoms with Gasteiger partial charge in [-0.15, -0.1) is 0 Å². The van der Waals surface area contributed by atoms with E-state index in [9.17, 15) is 4.79 Å². The molecular weight excluding hydrogens is 379 g/mol. The molecule has 0 aliphatic rings. The third kappa shape index (κ3) is 3.57. The van der Waals surface area contributed by atoms with Crippen LogP contribution in [0, 0.1) is 3.57 Å². The van der Waals surface area contributed by atoms with E-state index < -0.39 is 0 Å². The summed E-state index contributed by atoms with van der Waals surface area (Å²) >= 11 is 8.10. The monoisotopic (exact) mass is 388 g/mol. The van der Waals surface area contributed by atoms with Gasteiger partial charge in [0.15, 0.2) is 0 Å². The average molecular weight is 389 g/mol. The first-order valence-electron chi connectivity index (χ1n) is 5.36. The fraction of sp³-hybridized carbons (Fsp3) is 0.0769. The molecule has 0 fully saturated rings. The van der Waals surface area contributed by atoms with E-state index in [0.29, 0.717) is 22.2 Å². The molecular formula is C13H10ClIN2O2. The van der Waals surface area contributed by atoms with Gasteiger partial charge in [-0.1, -0.05) is 11.6 Å². The summed E-state index contributed by atoms with van der Waals surface area (Å²) in [5.41, 5.74) is 1.12. The second-order valence-electron chi connectivity index (χ2n) is 3.67. The average Bonchev–Trinajstić information content (AvgIpc) is 2.42. The van der Waals surface area contributed by atoms with Crippen LogP contribution in [-0.2, 0) is 0 Å². The third-order valence-corrected chi connectivity index (χ3v) is 3.96. The topological polar surface area (TPSA) is 51.2 Å². The highest BCUT2D eigenvalue weighted by Crippen LogP contribution is 2.21. The highest BCUT2D eigenvalue weighted by molar-refractivity contribution is 14.1. The summed E-state index contributed by atoms with van der Waals surface area (Å²) in [5.74, 6) is 0.213. The quantitative estimate of drug-likeness (QED) is 0.818. The molecule has 1 amide bonds. The van der Waals surface area contributed by atoms with E-state index in [4.69, 9.17) is 16.3 Å². The van der Waals surface area contributed by atoms with Crippen LogP contribution in [0.4, 0.5) is 5.69 Å². The Hall–Kier alpha value is -1.34. The number of anilines is 1. The molecule has 1 heterocycles. The summed E-state index contributed by atoms with van der Waals surface area (Å²) in [7, 11) is 1.52. The normalized spacial score (nSPS) is 10.1. The SMILES string of the molecule is COc1cc(NC(=O)c2ccc(I)c(Cl)c2)ccn1. The maximum absolute atomic E-state index is 12.0. The van der Waals surface area contributed by atoms with Crippen LogP contribution in [0.15, 0.2) is 36.5 Å². The summed E-state index contributed by atoms with van der Waals surface area (Å²) in [4.78, 5) is 16.0. The molecule has 1 N–H and O–H groups in total. The van der Waals surface area contributed by atoms with Crippen LogP contribution in [0.5, 0.6) is 5.88 Å². The number of nitrogens with zero attached hydrogens (tertiary/aromatic N) is 1. The number of amides is 1. The number of benzene rings is 1. The number of carbonyl (C=O) groups excluding carboxylic acids is 1. The van der Waals surface area contributed by atoms with Crippen LogP contribution in [0.2, 0.25) is 5.02 Å². The molecule has 0 radical (unpaired) electrons. The highest BCUT2D eigenvalue weighted by Gasteiger charge is 2.08. The molecule has 1 aromatic carbocycles. The van der Waals surface area contributed by atoms with Crippen molar-refractivity contribution in [2.75, 3.05) is 12.4 Å². The predicted octanol–water partition coefficient (Wildman–Crippen LogP) is 3.60. The molecule has 0 saturated carbocycles. The number of carbonyl (C=O) groups is 1. The van der Waals surface area contributed by atoms with Gasteiger partial charge in [0, 0.05) is 27.1 Å². The number of nitrogens with one attached hydrogen (secondary N) is 1. The van der Waals surface area contributed by atoms with Gasteiger partial charge in [-0.3, -0.25) is 4.79 Å². The maximum atomic E-state index is 12.0. The summed E-state index contributed by atoms with van der Waals surface area (Å²) in [6, 6.07) is 8.49. The van der Waals surface area contributed by atoms with E-state index in [1.54, 1.807) is 36.5 Å². The van der Waals surface area contributed by atoms with Crippen molar-refractivity contribution < 1.29 is 9.53 Å². The Morgan fingerprint density at radius 2 is 2.16 bits per heavy atom. The largest absolute Gasteiger partial charge is 0.481 e. The standard InChI is InChI=1S/C13H10ClIN2O2/c1-19-12-7-9(4-5-16-12)17-13(18)8-2-3-11(15)10(14)6-8/h2-7H,1H3,(H,16,17,18). The molecule has 0 spiro atoms. The number of hydrogen-bond donors (Lipinski definition) is 1. The summed E-state index contributed by atoms with van der Waals surface area (Å²) in [6.45, 7) is 0. The lowest BCUT2D eigenvalue weighted by Gasteiger charge is -2.07. The van der Waals surface area contributed by atoms with Crippen molar-refractivity contribution in [2.45, 2.75) is 0 Å². The van der Waals surface area contributed by atoms with Crippen molar-refractivity contribution in [2.24, 2.45) is 0 Å². The minimum absolute atomic E-state index is 0.230. The van der Waals surface area contributed by atoms with Crippen molar-refractivity contribution in [1.29, 1.82) is 0 Å². The number of rotatable bonds is 3. The predicted molar refractivity (Wildman–Crippen MR) is 82.9 cm³/mol. The van der Waals surface area contributed by atoms with Crippen LogP contribution in [0.1, 0.15) is 10.4 Å². The molecule has 0 bridgehead atoms. The van der Waals surface area contributed by atoms with Crippen LogP contribution in [0.3, 0.4) is 0 Å². The fourth-order valence-corrected chi connectivity index (χ4v) is 1.96. The van der Waals surface area contributed by atoms with Crippen molar-refractivity contribution in [3.8, 4) is 5.88 Å². The summed E-state index contributed by atoms with van der Waals surface area (Å²) in [5, 5.41) is 3.32. The zero-order valence-electron chi connectivity index (χ0n) is 9.98. The van der Waals surface area contributed by atoms with Gasteiger partial charge in [0.25, 0.3) is 5.91 Å². The van der Waals surface area contributed by atoms with Crippen molar-refractivity contribution in [3.63, 3.8) is 0 Å². The minimum Gasteiger partial charge on any atom is -0.481 e. The Kier molecular flexibility index (Phi) is 4.60. The van der Waals surface area contributed by atoms with E-state index in [2.05, 4.69) is 32.9 Å². The van der Waals surface area contributed by atoms with Crippen molar-refractivity contribution >= 4 is 45.8 Å². The van der Waals surface area contributed by atoms with Gasteiger partial charge in [0.05, 0.1) is 12.1 Å². The van der Waals surface area contributed by atoms with Gasteiger partial charge in [0.2, 0.25) is 5.88 Å². The molecule has 1 aromatic heterocycles. The lowest BCUT2D eigenvalue weighted by Crippen LogP contribution is -2.12. The van der Waals surface area contributed by atoms with Gasteiger partial charge >= 0.3 is 0 Å². The van der Waals surface area contributed by atoms with Gasteiger partial charge in [-0.25, -0.2) is 4.98 Å². The number of ether oxygens (including phenoxy) is 1. The molecule has 0 aliphatic heterocycles. The number of hydrogen-bond acceptors (Lipinski definition) is 3. The van der Waals surface area contributed by atoms with Crippen LogP contribution in [-0.4, -0.2) is 18.0 Å². The Morgan fingerprint density at radius 1 is 1.37 bits per heavy atom. The Balaban J connectivity index is 2.18. The van der Waals surface area contributed by atoms with Gasteiger partial charge in [0.1, 0.15) is 0 Å². The molecule has 0 unspecified atom stereocenters. The number of aromatic nitrogens is 1. The number of pyridine rings is 1. The van der Waals surface area contributed by atoms with Gasteiger partial charge in [-0.05, 0) is 46.9 Å². The molecule has 98 valence electrons. The first-order chi connectivity index (χ1) is 9.10. The lowest BCUT2D eigenvalue weighted by molar-refractivity contribution is 0.102. The fourth-order valence-electron chi connectivity index (χ4n) is 1.44. The summed E-state index contributed by atoms with van der Waals surface area (Å²) in [6.07, 6.45) is 1.56. The third-order valence-electron chi connectivity index (χ3n) is 2.38. The molecule has 6 heteroatoms. The van der Waals surface area contributed by atoms with E-state index in [0.717, 1.165) is 3.57 Å². The Bertz CT molecular complexity index is 619. The first-order valence-corrected chi connectivity index (χ1v) is 6.82. The molecule has 0 aliphatic carbocycles. The Morgan fingerprint density at radius 3 is 2.84 bits per heavy atom. The maximum Gasteiger partial charge on any atom is 0.255 e. The Labute approximate surface area is 129 Å². The van der Waals surface area contributed by atoms with Crippen LogP contribution < -0.4 is 10.1 Å². The molecule has 2 rings (SSSR count). The molecule has 2 aromatic rings. The first kappa shape index (κ1) is 14.1. The van der Waals surface area contributed by atoms with Crippen LogP contribution in [0.25, 0.3) is 0 Å². The van der Waals surface area contributed by atoms with E-state index in [-0.39, 0.29) is 5.91 Å². The zero-order chi connectivity index (χ0) is 13.8. The number of methoxy groups -OCH3 is 1. The lowest BCUT2D eigenvalue weighted by atomic mass is 10.2. The van der Waals surface area contributed by atoms with Crippen molar-refractivity contribution in [3.05, 3.63) is 50.7 Å². The van der Waals surface area contributed by atoms with Crippen LogP contribution >= 0.6 is 34.2 Å². The van der Waals surface area contributed by atoms with Crippen molar-refractivity contribution in [1.82, 2.24) is 4.98 Å². The van der Waals surface area contributed by atoms with E-state index >= 15 is 0 Å². The van der Waals surface area contributed by atoms with E-state index in [1.807, 2.05) is 0 Å². The smallest absolute Gasteiger partial charge is 0.255 e. The minimum atomic E-state index is -0.230. The van der Waals surface area contributed by atoms with Gasteiger partial charge in [-0.2, -0.15) is 0 Å². The zero-order valence-corrected chi connectivity index (χ0v) is 12.9. The molecule has 4 nitrogen and oxygen atoms in total. The highest BCUT2D eigenvalue weighted by atomic mass is 127. The second kappa shape index (κ2) is 6.21. The van der Waals surface area contributed by atoms with Gasteiger partial charge < -0.3 is 10.1 Å². The molecule has 0 atom stereocenters. The molecule has 19 heavy (non-hydrogen) atoms. The summed E-state index contributed by atoms with van der Waals surface area (Å²) < 4.78 is 5.90.